The van der Waals surface area contributed by atoms with Gasteiger partial charge in [0, 0.05) is 12.1 Å². The molecule has 1 fully saturated rings. The molecule has 2 N–H and O–H groups in total. The van der Waals surface area contributed by atoms with E-state index in [-0.39, 0.29) is 18.2 Å². The third-order valence-corrected chi connectivity index (χ3v) is 4.66. The minimum atomic E-state index is -0.450. The van der Waals surface area contributed by atoms with Gasteiger partial charge in [0.15, 0.2) is 5.17 Å². The first-order valence-electron chi connectivity index (χ1n) is 7.57. The smallest absolute Gasteiger partial charge is 0.240 e. The van der Waals surface area contributed by atoms with Crippen molar-refractivity contribution in [3.63, 3.8) is 0 Å². The number of amidine groups is 1. The van der Waals surface area contributed by atoms with Gasteiger partial charge in [0.2, 0.25) is 11.8 Å². The van der Waals surface area contributed by atoms with Crippen LogP contribution in [0, 0.1) is 0 Å². The molecule has 5 nitrogen and oxygen atoms in total. The van der Waals surface area contributed by atoms with E-state index in [9.17, 15) is 9.59 Å². The molecule has 0 aromatic heterocycles. The van der Waals surface area contributed by atoms with Crippen LogP contribution in [0.25, 0.3) is 10.8 Å². The number of nitrogens with one attached hydrogen (secondary N) is 2. The Morgan fingerprint density at radius 1 is 1.29 bits per heavy atom. The second-order valence-corrected chi connectivity index (χ2v) is 6.54. The van der Waals surface area contributed by atoms with E-state index in [2.05, 4.69) is 22.2 Å². The molecule has 1 unspecified atom stereocenters. The molecule has 1 heterocycles. The third-order valence-electron chi connectivity index (χ3n) is 3.54. The van der Waals surface area contributed by atoms with Crippen molar-refractivity contribution in [1.82, 2.24) is 5.32 Å². The SMILES string of the molecule is C=CCN=C1NC(=O)C(CC(=O)Nc2ccc3ccccc3c2)S1. The number of nitrogens with zero attached hydrogens (tertiary/aromatic N) is 1. The lowest BCUT2D eigenvalue weighted by Gasteiger charge is -2.08. The molecule has 0 bridgehead atoms. The molecule has 0 radical (unpaired) electrons. The lowest BCUT2D eigenvalue weighted by Crippen LogP contribution is -2.28. The van der Waals surface area contributed by atoms with E-state index in [0.29, 0.717) is 11.7 Å². The number of aliphatic imine (C=N–C) groups is 1. The Kier molecular flexibility index (Phi) is 4.96. The van der Waals surface area contributed by atoms with Crippen LogP contribution in [0.5, 0.6) is 0 Å². The molecule has 122 valence electrons. The summed E-state index contributed by atoms with van der Waals surface area (Å²) in [6, 6.07) is 13.7. The Hall–Kier alpha value is -2.60. The number of fused-ring (bicyclic) bond motifs is 1. The van der Waals surface area contributed by atoms with Crippen molar-refractivity contribution in [3.8, 4) is 0 Å². The first-order valence-corrected chi connectivity index (χ1v) is 8.45. The van der Waals surface area contributed by atoms with Crippen molar-refractivity contribution in [2.75, 3.05) is 11.9 Å². The average molecular weight is 339 g/mol. The number of rotatable bonds is 5. The highest BCUT2D eigenvalue weighted by atomic mass is 32.2. The summed E-state index contributed by atoms with van der Waals surface area (Å²) in [6.07, 6.45) is 1.76. The van der Waals surface area contributed by atoms with E-state index < -0.39 is 5.25 Å². The van der Waals surface area contributed by atoms with Gasteiger partial charge in [0.05, 0.1) is 6.54 Å². The van der Waals surface area contributed by atoms with Gasteiger partial charge in [-0.25, -0.2) is 0 Å². The number of hydrogen-bond acceptors (Lipinski definition) is 4. The summed E-state index contributed by atoms with van der Waals surface area (Å²) in [7, 11) is 0. The fourth-order valence-electron chi connectivity index (χ4n) is 2.41. The highest BCUT2D eigenvalue weighted by Gasteiger charge is 2.31. The third kappa shape index (κ3) is 3.83. The second-order valence-electron chi connectivity index (χ2n) is 5.34. The standard InChI is InChI=1S/C18H17N3O2S/c1-2-9-19-18-21-17(23)15(24-18)11-16(22)20-14-8-7-12-5-3-4-6-13(12)10-14/h2-8,10,15H,1,9,11H2,(H,20,22)(H,19,21,23). The van der Waals surface area contributed by atoms with Gasteiger partial charge in [0.1, 0.15) is 5.25 Å². The summed E-state index contributed by atoms with van der Waals surface area (Å²) >= 11 is 1.28. The number of thioether (sulfide) groups is 1. The predicted molar refractivity (Wildman–Crippen MR) is 99.2 cm³/mol. The molecule has 2 aromatic rings. The van der Waals surface area contributed by atoms with Crippen molar-refractivity contribution < 1.29 is 9.59 Å². The first kappa shape index (κ1) is 16.3. The fraction of sp³-hybridized carbons (Fsp3) is 0.167. The summed E-state index contributed by atoms with van der Waals surface area (Å²) in [6.45, 7) is 4.03. The minimum Gasteiger partial charge on any atom is -0.326 e. The molecule has 2 aromatic carbocycles. The number of benzene rings is 2. The Bertz CT molecular complexity index is 832. The van der Waals surface area contributed by atoms with Crippen molar-refractivity contribution in [2.45, 2.75) is 11.7 Å². The zero-order valence-electron chi connectivity index (χ0n) is 13.0. The Labute approximate surface area is 144 Å². The molecule has 1 aliphatic rings. The number of carbonyl (C=O) groups is 2. The van der Waals surface area contributed by atoms with Gasteiger partial charge in [-0.15, -0.1) is 6.58 Å². The van der Waals surface area contributed by atoms with Crippen LogP contribution in [0.1, 0.15) is 6.42 Å². The van der Waals surface area contributed by atoms with E-state index in [1.807, 2.05) is 42.5 Å². The molecule has 0 saturated carbocycles. The van der Waals surface area contributed by atoms with Gasteiger partial charge < -0.3 is 10.6 Å². The molecular formula is C18H17N3O2S. The Morgan fingerprint density at radius 2 is 2.08 bits per heavy atom. The van der Waals surface area contributed by atoms with Gasteiger partial charge >= 0.3 is 0 Å². The maximum Gasteiger partial charge on any atom is 0.240 e. The van der Waals surface area contributed by atoms with Crippen LogP contribution in [0.3, 0.4) is 0 Å². The van der Waals surface area contributed by atoms with Gasteiger partial charge in [0.25, 0.3) is 0 Å². The first-order chi connectivity index (χ1) is 11.7. The Balaban J connectivity index is 1.62. The van der Waals surface area contributed by atoms with Crippen molar-refractivity contribution in [2.24, 2.45) is 4.99 Å². The van der Waals surface area contributed by atoms with Crippen molar-refractivity contribution >= 4 is 45.2 Å². The summed E-state index contributed by atoms with van der Waals surface area (Å²) in [5.41, 5.74) is 0.725. The quantitative estimate of drug-likeness (QED) is 0.823. The van der Waals surface area contributed by atoms with Crippen LogP contribution < -0.4 is 10.6 Å². The molecular weight excluding hydrogens is 322 g/mol. The molecule has 6 heteroatoms. The van der Waals surface area contributed by atoms with Crippen LogP contribution in [0.4, 0.5) is 5.69 Å². The van der Waals surface area contributed by atoms with E-state index in [1.165, 1.54) is 11.8 Å². The topological polar surface area (TPSA) is 70.6 Å². The largest absolute Gasteiger partial charge is 0.326 e. The van der Waals surface area contributed by atoms with Crippen molar-refractivity contribution in [1.29, 1.82) is 0 Å². The lowest BCUT2D eigenvalue weighted by molar-refractivity contribution is -0.122. The van der Waals surface area contributed by atoms with E-state index >= 15 is 0 Å². The van der Waals surface area contributed by atoms with Crippen molar-refractivity contribution in [3.05, 3.63) is 55.1 Å². The molecule has 1 atom stereocenters. The molecule has 1 aliphatic heterocycles. The van der Waals surface area contributed by atoms with Crippen LogP contribution in [-0.4, -0.2) is 28.8 Å². The van der Waals surface area contributed by atoms with Crippen LogP contribution in [-0.2, 0) is 9.59 Å². The highest BCUT2D eigenvalue weighted by Crippen LogP contribution is 2.24. The molecule has 3 rings (SSSR count). The van der Waals surface area contributed by atoms with Gasteiger partial charge in [-0.1, -0.05) is 48.2 Å². The maximum absolute atomic E-state index is 12.2. The van der Waals surface area contributed by atoms with Gasteiger partial charge in [-0.3, -0.25) is 14.6 Å². The average Bonchev–Trinajstić information content (AvgIpc) is 2.92. The van der Waals surface area contributed by atoms with E-state index in [4.69, 9.17) is 0 Å². The van der Waals surface area contributed by atoms with Crippen LogP contribution in [0.15, 0.2) is 60.1 Å². The lowest BCUT2D eigenvalue weighted by atomic mass is 10.1. The number of carbonyl (C=O) groups excluding carboxylic acids is 2. The summed E-state index contributed by atoms with van der Waals surface area (Å²) < 4.78 is 0. The van der Waals surface area contributed by atoms with Crippen LogP contribution in [0.2, 0.25) is 0 Å². The number of hydrogen-bond donors (Lipinski definition) is 2. The molecule has 2 amide bonds. The second kappa shape index (κ2) is 7.31. The molecule has 0 spiro atoms. The highest BCUT2D eigenvalue weighted by molar-refractivity contribution is 8.15. The predicted octanol–water partition coefficient (Wildman–Crippen LogP) is 2.94. The molecule has 1 saturated heterocycles. The Morgan fingerprint density at radius 3 is 2.88 bits per heavy atom. The molecule has 24 heavy (non-hydrogen) atoms. The van der Waals surface area contributed by atoms with E-state index in [1.54, 1.807) is 6.08 Å². The minimum absolute atomic E-state index is 0.108. The summed E-state index contributed by atoms with van der Waals surface area (Å²) in [4.78, 5) is 28.3. The normalized spacial score (nSPS) is 18.6. The van der Waals surface area contributed by atoms with Gasteiger partial charge in [-0.2, -0.15) is 0 Å². The zero-order valence-corrected chi connectivity index (χ0v) is 13.8. The molecule has 0 aliphatic carbocycles. The zero-order chi connectivity index (χ0) is 16.9. The summed E-state index contributed by atoms with van der Waals surface area (Å²) in [5.74, 6) is -0.376. The van der Waals surface area contributed by atoms with E-state index in [0.717, 1.165) is 16.5 Å². The monoisotopic (exact) mass is 339 g/mol. The van der Waals surface area contributed by atoms with Crippen LogP contribution >= 0.6 is 11.8 Å². The number of anilines is 1. The number of amides is 2. The van der Waals surface area contributed by atoms with Gasteiger partial charge in [-0.05, 0) is 22.9 Å². The summed E-state index contributed by atoms with van der Waals surface area (Å²) in [5, 5.41) is 7.80. The maximum atomic E-state index is 12.2. The fourth-order valence-corrected chi connectivity index (χ4v) is 3.39.